The molecule has 0 aliphatic heterocycles. The second kappa shape index (κ2) is 5.10. The Bertz CT molecular complexity index is 660. The molecule has 0 saturated heterocycles. The van der Waals surface area contributed by atoms with Gasteiger partial charge in [-0.2, -0.15) is 4.39 Å². The molecule has 1 fully saturated rings. The van der Waals surface area contributed by atoms with E-state index in [1.807, 2.05) is 6.92 Å². The van der Waals surface area contributed by atoms with Crippen LogP contribution >= 0.6 is 0 Å². The summed E-state index contributed by atoms with van der Waals surface area (Å²) in [6, 6.07) is 1.52. The summed E-state index contributed by atoms with van der Waals surface area (Å²) in [6.45, 7) is 3.37. The van der Waals surface area contributed by atoms with E-state index in [-0.39, 0.29) is 16.5 Å². The van der Waals surface area contributed by atoms with Crippen molar-refractivity contribution in [3.8, 4) is 0 Å². The number of nitrogens with zero attached hydrogens (tertiary/aromatic N) is 1. The molecule has 0 radical (unpaired) electrons. The van der Waals surface area contributed by atoms with E-state index in [0.29, 0.717) is 5.92 Å². The van der Waals surface area contributed by atoms with Crippen LogP contribution in [0.5, 0.6) is 0 Å². The Morgan fingerprint density at radius 1 is 1.50 bits per heavy atom. The number of hydrogen-bond acceptors (Lipinski definition) is 4. The molecule has 2 atom stereocenters. The smallest absolute Gasteiger partial charge is 0.258 e. The van der Waals surface area contributed by atoms with Gasteiger partial charge in [0.05, 0.1) is 9.82 Å². The van der Waals surface area contributed by atoms with Crippen molar-refractivity contribution in [2.45, 2.75) is 37.6 Å². The lowest BCUT2D eigenvalue weighted by Crippen LogP contribution is -2.27. The molecule has 20 heavy (non-hydrogen) atoms. The molecule has 0 aromatic heterocycles. The van der Waals surface area contributed by atoms with Gasteiger partial charge in [-0.05, 0) is 30.9 Å². The number of nitro benzene ring substituents is 1. The standard InChI is InChI=1S/C12H15FN2O4S/c1-3-8-5-10(8)14-20(18,19)12-6-11(15(16)17)9(13)4-7(12)2/h4,6,8,10,14H,3,5H2,1-2H3. The lowest BCUT2D eigenvalue weighted by molar-refractivity contribution is -0.387. The van der Waals surface area contributed by atoms with E-state index in [0.717, 1.165) is 25.0 Å². The number of nitro groups is 1. The molecule has 1 N–H and O–H groups in total. The van der Waals surface area contributed by atoms with Crippen molar-refractivity contribution in [3.05, 3.63) is 33.6 Å². The molecule has 0 heterocycles. The van der Waals surface area contributed by atoms with Gasteiger partial charge in [-0.3, -0.25) is 10.1 Å². The molecule has 2 rings (SSSR count). The number of nitrogens with one attached hydrogen (secondary N) is 1. The molecule has 1 aliphatic rings. The Morgan fingerprint density at radius 3 is 2.65 bits per heavy atom. The van der Waals surface area contributed by atoms with Crippen LogP contribution in [0.1, 0.15) is 25.3 Å². The predicted molar refractivity (Wildman–Crippen MR) is 70.3 cm³/mol. The monoisotopic (exact) mass is 302 g/mol. The summed E-state index contributed by atoms with van der Waals surface area (Å²) in [5.41, 5.74) is -0.687. The molecule has 6 nitrogen and oxygen atoms in total. The van der Waals surface area contributed by atoms with Gasteiger partial charge >= 0.3 is 5.69 Å². The molecular weight excluding hydrogens is 287 g/mol. The van der Waals surface area contributed by atoms with Crippen LogP contribution in [0.25, 0.3) is 0 Å². The van der Waals surface area contributed by atoms with Gasteiger partial charge in [-0.15, -0.1) is 0 Å². The number of aryl methyl sites for hydroxylation is 1. The third kappa shape index (κ3) is 2.80. The number of sulfonamides is 1. The van der Waals surface area contributed by atoms with Gasteiger partial charge < -0.3 is 0 Å². The molecule has 1 aromatic rings. The Kier molecular flexibility index (Phi) is 3.79. The van der Waals surface area contributed by atoms with Gasteiger partial charge in [0.2, 0.25) is 15.8 Å². The Labute approximate surface area is 116 Å². The third-order valence-electron chi connectivity index (χ3n) is 3.48. The number of rotatable bonds is 5. The molecule has 2 unspecified atom stereocenters. The van der Waals surface area contributed by atoms with Gasteiger partial charge in [0.15, 0.2) is 0 Å². The first-order valence-corrected chi connectivity index (χ1v) is 7.71. The zero-order valence-electron chi connectivity index (χ0n) is 11.1. The van der Waals surface area contributed by atoms with Crippen LogP contribution in [-0.2, 0) is 10.0 Å². The highest BCUT2D eigenvalue weighted by molar-refractivity contribution is 7.89. The Morgan fingerprint density at radius 2 is 2.15 bits per heavy atom. The van der Waals surface area contributed by atoms with E-state index >= 15 is 0 Å². The summed E-state index contributed by atoms with van der Waals surface area (Å²) in [5.74, 6) is -0.732. The normalized spacial score (nSPS) is 21.8. The van der Waals surface area contributed by atoms with Crippen LogP contribution in [0.3, 0.4) is 0 Å². The first-order valence-electron chi connectivity index (χ1n) is 6.23. The van der Waals surface area contributed by atoms with Gasteiger partial charge in [0.1, 0.15) is 0 Å². The Balaban J connectivity index is 2.36. The first-order chi connectivity index (χ1) is 9.26. The van der Waals surface area contributed by atoms with E-state index in [1.165, 1.54) is 6.92 Å². The summed E-state index contributed by atoms with van der Waals surface area (Å²) >= 11 is 0. The van der Waals surface area contributed by atoms with E-state index in [1.54, 1.807) is 0 Å². The maximum absolute atomic E-state index is 13.4. The molecule has 1 aromatic carbocycles. The largest absolute Gasteiger partial charge is 0.306 e. The second-order valence-corrected chi connectivity index (χ2v) is 6.64. The fraction of sp³-hybridized carbons (Fsp3) is 0.500. The van der Waals surface area contributed by atoms with E-state index in [9.17, 15) is 22.9 Å². The van der Waals surface area contributed by atoms with Gasteiger partial charge in [-0.25, -0.2) is 13.1 Å². The van der Waals surface area contributed by atoms with E-state index < -0.39 is 26.5 Å². The van der Waals surface area contributed by atoms with Crippen LogP contribution in [0.4, 0.5) is 10.1 Å². The zero-order valence-corrected chi connectivity index (χ0v) is 11.9. The molecule has 1 saturated carbocycles. The molecule has 110 valence electrons. The summed E-state index contributed by atoms with van der Waals surface area (Å²) in [6.07, 6.45) is 1.63. The van der Waals surface area contributed by atoms with Crippen LogP contribution in [0.2, 0.25) is 0 Å². The highest BCUT2D eigenvalue weighted by Crippen LogP contribution is 2.35. The Hall–Kier alpha value is -1.54. The number of halogens is 1. The highest BCUT2D eigenvalue weighted by atomic mass is 32.2. The maximum atomic E-state index is 13.4. The van der Waals surface area contributed by atoms with Crippen molar-refractivity contribution in [1.82, 2.24) is 4.72 Å². The van der Waals surface area contributed by atoms with Crippen molar-refractivity contribution in [3.63, 3.8) is 0 Å². The minimum atomic E-state index is -3.86. The van der Waals surface area contributed by atoms with Gasteiger partial charge in [0.25, 0.3) is 0 Å². The molecule has 0 amide bonds. The third-order valence-corrected chi connectivity index (χ3v) is 5.12. The highest BCUT2D eigenvalue weighted by Gasteiger charge is 2.39. The quantitative estimate of drug-likeness (QED) is 0.666. The van der Waals surface area contributed by atoms with Crippen molar-refractivity contribution in [2.75, 3.05) is 0 Å². The van der Waals surface area contributed by atoms with E-state index in [4.69, 9.17) is 0 Å². The number of benzene rings is 1. The fourth-order valence-electron chi connectivity index (χ4n) is 2.18. The van der Waals surface area contributed by atoms with Crippen LogP contribution < -0.4 is 4.72 Å². The van der Waals surface area contributed by atoms with Crippen molar-refractivity contribution in [2.24, 2.45) is 5.92 Å². The SMILES string of the molecule is CCC1CC1NS(=O)(=O)c1cc([N+](=O)[O-])c(F)cc1C. The molecule has 0 spiro atoms. The molecule has 8 heteroatoms. The average Bonchev–Trinajstić information content (AvgIpc) is 3.05. The fourth-order valence-corrected chi connectivity index (χ4v) is 3.74. The van der Waals surface area contributed by atoms with Crippen LogP contribution in [0.15, 0.2) is 17.0 Å². The molecule has 1 aliphatic carbocycles. The second-order valence-electron chi connectivity index (χ2n) is 4.96. The maximum Gasteiger partial charge on any atom is 0.306 e. The van der Waals surface area contributed by atoms with Gasteiger partial charge in [0, 0.05) is 12.1 Å². The lowest BCUT2D eigenvalue weighted by atomic mass is 10.2. The summed E-state index contributed by atoms with van der Waals surface area (Å²) in [5, 5.41) is 10.7. The lowest BCUT2D eigenvalue weighted by Gasteiger charge is -2.09. The van der Waals surface area contributed by atoms with Crippen molar-refractivity contribution < 1.29 is 17.7 Å². The van der Waals surface area contributed by atoms with Crippen molar-refractivity contribution in [1.29, 1.82) is 0 Å². The topological polar surface area (TPSA) is 89.3 Å². The average molecular weight is 302 g/mol. The summed E-state index contributed by atoms with van der Waals surface area (Å²) < 4.78 is 40.3. The molecule has 0 bridgehead atoms. The minimum Gasteiger partial charge on any atom is -0.258 e. The van der Waals surface area contributed by atoms with Crippen molar-refractivity contribution >= 4 is 15.7 Å². The minimum absolute atomic E-state index is 0.131. The van der Waals surface area contributed by atoms with Gasteiger partial charge in [-0.1, -0.05) is 13.3 Å². The predicted octanol–water partition coefficient (Wildman–Crippen LogP) is 2.12. The first kappa shape index (κ1) is 14.9. The summed E-state index contributed by atoms with van der Waals surface area (Å²) in [4.78, 5) is 9.52. The van der Waals surface area contributed by atoms with Crippen LogP contribution in [-0.4, -0.2) is 19.4 Å². The zero-order chi connectivity index (χ0) is 15.1. The molecular formula is C12H15FN2O4S. The van der Waals surface area contributed by atoms with Crippen LogP contribution in [0, 0.1) is 28.8 Å². The number of hydrogen-bond donors (Lipinski definition) is 1. The van der Waals surface area contributed by atoms with E-state index in [2.05, 4.69) is 4.72 Å². The summed E-state index contributed by atoms with van der Waals surface area (Å²) in [7, 11) is -3.86.